The number of carbonyl (C=O) groups is 2. The van der Waals surface area contributed by atoms with Crippen molar-refractivity contribution in [2.75, 3.05) is 6.54 Å². The van der Waals surface area contributed by atoms with E-state index in [1.807, 2.05) is 6.07 Å². The van der Waals surface area contributed by atoms with Crippen LogP contribution in [0.5, 0.6) is 0 Å². The average molecular weight is 354 g/mol. The van der Waals surface area contributed by atoms with E-state index >= 15 is 0 Å². The van der Waals surface area contributed by atoms with Crippen LogP contribution in [0.15, 0.2) is 24.3 Å². The van der Waals surface area contributed by atoms with Gasteiger partial charge in [-0.3, -0.25) is 9.59 Å². The molecule has 0 radical (unpaired) electrons. The number of aromatic amines is 1. The fourth-order valence-electron chi connectivity index (χ4n) is 5.18. The molecule has 0 saturated carbocycles. The van der Waals surface area contributed by atoms with Gasteiger partial charge in [-0.2, -0.15) is 0 Å². The second-order valence-corrected chi connectivity index (χ2v) is 7.77. The fraction of sp³-hybridized carbons (Fsp3) is 0.524. The SMILES string of the molecule is CC[C@]1(CCCC(=O)O)CCC(=O)N2CCc3c([nH]c4ccccc34)[C@H]21. The molecule has 2 N–H and O–H groups in total. The molecular weight excluding hydrogens is 328 g/mol. The number of carboxylic acid groups (broad SMARTS) is 1. The number of nitrogens with zero attached hydrogens (tertiary/aromatic N) is 1. The van der Waals surface area contributed by atoms with E-state index in [-0.39, 0.29) is 23.8 Å². The van der Waals surface area contributed by atoms with Crippen LogP contribution in [0.2, 0.25) is 0 Å². The van der Waals surface area contributed by atoms with Crippen LogP contribution in [0.25, 0.3) is 10.9 Å². The maximum absolute atomic E-state index is 12.7. The predicted octanol–water partition coefficient (Wildman–Crippen LogP) is 4.04. The van der Waals surface area contributed by atoms with Gasteiger partial charge in [-0.25, -0.2) is 0 Å². The van der Waals surface area contributed by atoms with Crippen molar-refractivity contribution in [3.63, 3.8) is 0 Å². The molecule has 5 nitrogen and oxygen atoms in total. The highest BCUT2D eigenvalue weighted by Gasteiger charge is 2.49. The molecule has 3 heterocycles. The molecule has 1 aromatic carbocycles. The number of amides is 1. The van der Waals surface area contributed by atoms with E-state index in [0.717, 1.165) is 37.7 Å². The molecule has 2 atom stereocenters. The molecule has 4 rings (SSSR count). The lowest BCUT2D eigenvalue weighted by molar-refractivity contribution is -0.146. The summed E-state index contributed by atoms with van der Waals surface area (Å²) in [6, 6.07) is 8.39. The van der Waals surface area contributed by atoms with Gasteiger partial charge in [0, 0.05) is 36.0 Å². The lowest BCUT2D eigenvalue weighted by Crippen LogP contribution is -2.52. The summed E-state index contributed by atoms with van der Waals surface area (Å²) in [6.45, 7) is 2.95. The normalized spacial score (nSPS) is 25.2. The molecule has 5 heteroatoms. The van der Waals surface area contributed by atoms with Gasteiger partial charge in [0.25, 0.3) is 0 Å². The fourth-order valence-corrected chi connectivity index (χ4v) is 5.18. The molecule has 2 aliphatic heterocycles. The van der Waals surface area contributed by atoms with Crippen molar-refractivity contribution in [2.45, 2.75) is 57.9 Å². The molecular formula is C21H26N2O3. The molecule has 2 aliphatic rings. The Morgan fingerprint density at radius 2 is 2.15 bits per heavy atom. The predicted molar refractivity (Wildman–Crippen MR) is 99.9 cm³/mol. The van der Waals surface area contributed by atoms with E-state index < -0.39 is 5.97 Å². The summed E-state index contributed by atoms with van der Waals surface area (Å²) in [5.74, 6) is -0.503. The molecule has 2 aromatic rings. The van der Waals surface area contributed by atoms with Gasteiger partial charge in [-0.15, -0.1) is 0 Å². The van der Waals surface area contributed by atoms with E-state index in [2.05, 4.69) is 35.0 Å². The molecule has 0 unspecified atom stereocenters. The van der Waals surface area contributed by atoms with Crippen LogP contribution < -0.4 is 0 Å². The largest absolute Gasteiger partial charge is 0.481 e. The van der Waals surface area contributed by atoms with Crippen LogP contribution in [-0.4, -0.2) is 33.4 Å². The topological polar surface area (TPSA) is 73.4 Å². The lowest BCUT2D eigenvalue weighted by atomic mass is 9.65. The Bertz CT molecular complexity index is 856. The Labute approximate surface area is 153 Å². The van der Waals surface area contributed by atoms with Crippen molar-refractivity contribution in [3.05, 3.63) is 35.5 Å². The van der Waals surface area contributed by atoms with Gasteiger partial charge in [0.1, 0.15) is 0 Å². The minimum atomic E-state index is -0.741. The molecule has 0 bridgehead atoms. The quantitative estimate of drug-likeness (QED) is 0.851. The first-order valence-corrected chi connectivity index (χ1v) is 9.66. The molecule has 1 fully saturated rings. The molecule has 1 amide bonds. The van der Waals surface area contributed by atoms with E-state index in [1.54, 1.807) is 0 Å². The number of aromatic nitrogens is 1. The highest BCUT2D eigenvalue weighted by atomic mass is 16.4. The third-order valence-corrected chi connectivity index (χ3v) is 6.54. The summed E-state index contributed by atoms with van der Waals surface area (Å²) in [5.41, 5.74) is 3.61. The zero-order valence-electron chi connectivity index (χ0n) is 15.3. The summed E-state index contributed by atoms with van der Waals surface area (Å²) < 4.78 is 0. The van der Waals surface area contributed by atoms with Crippen molar-refractivity contribution >= 4 is 22.8 Å². The lowest BCUT2D eigenvalue weighted by Gasteiger charge is -2.52. The van der Waals surface area contributed by atoms with Gasteiger partial charge in [0.15, 0.2) is 0 Å². The second kappa shape index (κ2) is 6.45. The Morgan fingerprint density at radius 3 is 2.92 bits per heavy atom. The van der Waals surface area contributed by atoms with Crippen molar-refractivity contribution < 1.29 is 14.7 Å². The average Bonchev–Trinajstić information content (AvgIpc) is 3.02. The van der Waals surface area contributed by atoms with E-state index in [9.17, 15) is 9.59 Å². The molecule has 1 saturated heterocycles. The van der Waals surface area contributed by atoms with Crippen LogP contribution in [0.3, 0.4) is 0 Å². The van der Waals surface area contributed by atoms with Gasteiger partial charge >= 0.3 is 5.97 Å². The number of aliphatic carboxylic acids is 1. The highest BCUT2D eigenvalue weighted by Crippen LogP contribution is 2.54. The summed E-state index contributed by atoms with van der Waals surface area (Å²) in [4.78, 5) is 29.3. The number of para-hydroxylation sites is 1. The molecule has 0 aliphatic carbocycles. The Morgan fingerprint density at radius 1 is 1.35 bits per heavy atom. The number of carbonyl (C=O) groups excluding carboxylic acids is 1. The maximum atomic E-state index is 12.7. The van der Waals surface area contributed by atoms with E-state index in [0.29, 0.717) is 12.8 Å². The molecule has 26 heavy (non-hydrogen) atoms. The van der Waals surface area contributed by atoms with Crippen molar-refractivity contribution in [1.82, 2.24) is 9.88 Å². The molecule has 1 aromatic heterocycles. The number of rotatable bonds is 5. The van der Waals surface area contributed by atoms with Gasteiger partial charge in [-0.1, -0.05) is 25.1 Å². The minimum absolute atomic E-state index is 0.0405. The number of hydrogen-bond donors (Lipinski definition) is 2. The second-order valence-electron chi connectivity index (χ2n) is 7.77. The Kier molecular flexibility index (Phi) is 4.25. The maximum Gasteiger partial charge on any atom is 0.303 e. The monoisotopic (exact) mass is 354 g/mol. The van der Waals surface area contributed by atoms with Gasteiger partial charge in [0.2, 0.25) is 5.91 Å². The summed E-state index contributed by atoms with van der Waals surface area (Å²) in [5, 5.41) is 10.3. The highest BCUT2D eigenvalue weighted by molar-refractivity contribution is 5.86. The smallest absolute Gasteiger partial charge is 0.303 e. The van der Waals surface area contributed by atoms with E-state index in [1.165, 1.54) is 16.6 Å². The first-order valence-electron chi connectivity index (χ1n) is 9.66. The van der Waals surface area contributed by atoms with Crippen molar-refractivity contribution in [1.29, 1.82) is 0 Å². The number of H-pyrrole nitrogens is 1. The zero-order chi connectivity index (χ0) is 18.3. The third-order valence-electron chi connectivity index (χ3n) is 6.54. The van der Waals surface area contributed by atoms with Gasteiger partial charge < -0.3 is 15.0 Å². The first-order chi connectivity index (χ1) is 12.6. The number of fused-ring (bicyclic) bond motifs is 5. The summed E-state index contributed by atoms with van der Waals surface area (Å²) in [7, 11) is 0. The Balaban J connectivity index is 1.78. The van der Waals surface area contributed by atoms with Crippen LogP contribution >= 0.6 is 0 Å². The summed E-state index contributed by atoms with van der Waals surface area (Å²) >= 11 is 0. The standard InChI is InChI=1S/C21H26N2O3/c1-2-21(11-5-8-18(25)26)12-9-17(24)23-13-10-15-14-6-3-4-7-16(14)22-19(15)20(21)23/h3-4,6-7,20,22H,2,5,8-13H2,1H3,(H,25,26)/t20-,21-/m0/s1. The van der Waals surface area contributed by atoms with Crippen molar-refractivity contribution in [3.8, 4) is 0 Å². The van der Waals surface area contributed by atoms with Gasteiger partial charge in [-0.05, 0) is 49.1 Å². The first kappa shape index (κ1) is 17.1. The van der Waals surface area contributed by atoms with Crippen LogP contribution in [-0.2, 0) is 16.0 Å². The van der Waals surface area contributed by atoms with Crippen LogP contribution in [0.4, 0.5) is 0 Å². The summed E-state index contributed by atoms with van der Waals surface area (Å²) in [6.07, 6.45) is 4.97. The molecule has 138 valence electrons. The van der Waals surface area contributed by atoms with Gasteiger partial charge in [0.05, 0.1) is 6.04 Å². The number of benzene rings is 1. The Hall–Kier alpha value is -2.30. The third kappa shape index (κ3) is 2.61. The number of piperidine rings is 1. The zero-order valence-corrected chi connectivity index (χ0v) is 15.3. The van der Waals surface area contributed by atoms with E-state index in [4.69, 9.17) is 5.11 Å². The van der Waals surface area contributed by atoms with Crippen molar-refractivity contribution in [2.24, 2.45) is 5.41 Å². The molecule has 0 spiro atoms. The van der Waals surface area contributed by atoms with Crippen LogP contribution in [0.1, 0.15) is 62.7 Å². The van der Waals surface area contributed by atoms with Crippen LogP contribution in [0, 0.1) is 5.41 Å². The number of carboxylic acids is 1. The number of hydrogen-bond acceptors (Lipinski definition) is 2. The number of nitrogens with one attached hydrogen (secondary N) is 1. The minimum Gasteiger partial charge on any atom is -0.481 e.